The van der Waals surface area contributed by atoms with Crippen molar-refractivity contribution in [2.75, 3.05) is 27.4 Å². The van der Waals surface area contributed by atoms with Crippen molar-refractivity contribution in [3.63, 3.8) is 0 Å². The third-order valence-corrected chi connectivity index (χ3v) is 4.88. The molecule has 21 heavy (non-hydrogen) atoms. The summed E-state index contributed by atoms with van der Waals surface area (Å²) in [5.74, 6) is -0.949. The molecular weight excluding hydrogens is 296 g/mol. The first-order valence-electron chi connectivity index (χ1n) is 6.92. The highest BCUT2D eigenvalue weighted by molar-refractivity contribution is 6.50. The molecule has 0 saturated carbocycles. The van der Waals surface area contributed by atoms with Gasteiger partial charge in [0.15, 0.2) is 0 Å². The Bertz CT molecular complexity index is 295. The second-order valence-electron chi connectivity index (χ2n) is 4.56. The normalized spacial score (nSPS) is 13.8. The number of hydrogen-bond donors (Lipinski definition) is 0. The van der Waals surface area contributed by atoms with E-state index in [0.717, 1.165) is 6.42 Å². The zero-order valence-electron chi connectivity index (χ0n) is 13.4. The fraction of sp³-hybridized carbons (Fsp3) is 0.846. The van der Waals surface area contributed by atoms with Gasteiger partial charge < -0.3 is 23.1 Å². The van der Waals surface area contributed by atoms with Crippen molar-refractivity contribution in [2.24, 2.45) is 0 Å². The fourth-order valence-corrected chi connectivity index (χ4v) is 3.57. The summed E-state index contributed by atoms with van der Waals surface area (Å²) in [5, 5.41) is 0. The van der Waals surface area contributed by atoms with Crippen LogP contribution in [0.1, 0.15) is 33.6 Å². The van der Waals surface area contributed by atoms with Crippen LogP contribution in [0.25, 0.3) is 0 Å². The van der Waals surface area contributed by atoms with E-state index in [-0.39, 0.29) is 12.7 Å². The highest BCUT2D eigenvalue weighted by Crippen LogP contribution is 2.11. The molecule has 0 aliphatic rings. The Hall–Kier alpha value is -0.963. The molecule has 0 aliphatic carbocycles. The van der Waals surface area contributed by atoms with Gasteiger partial charge in [-0.05, 0) is 6.42 Å². The Balaban J connectivity index is 4.69. The Morgan fingerprint density at radius 2 is 1.62 bits per heavy atom. The number of ether oxygens (including phenoxy) is 3. The average Bonchev–Trinajstić information content (AvgIpc) is 2.40. The van der Waals surface area contributed by atoms with Crippen LogP contribution in [0.3, 0.4) is 0 Å². The molecule has 0 aromatic heterocycles. The molecule has 0 aromatic carbocycles. The fourth-order valence-electron chi connectivity index (χ4n) is 1.69. The van der Waals surface area contributed by atoms with Crippen LogP contribution in [0, 0.1) is 0 Å². The molecule has 0 spiro atoms. The Morgan fingerprint density at radius 1 is 1.05 bits per heavy atom. The lowest BCUT2D eigenvalue weighted by Gasteiger charge is -2.25. The van der Waals surface area contributed by atoms with Gasteiger partial charge in [-0.1, -0.05) is 13.3 Å². The second-order valence-corrected chi connectivity index (χ2v) is 6.51. The minimum absolute atomic E-state index is 0.223. The van der Waals surface area contributed by atoms with Gasteiger partial charge in [0.2, 0.25) is 0 Å². The van der Waals surface area contributed by atoms with Gasteiger partial charge in [-0.3, -0.25) is 9.59 Å². The maximum Gasteiger partial charge on any atom is 0.478 e. The summed E-state index contributed by atoms with van der Waals surface area (Å²) in [5.41, 5.74) is -0.405. The quantitative estimate of drug-likeness (QED) is 0.518. The van der Waals surface area contributed by atoms with Crippen molar-refractivity contribution < 1.29 is 32.7 Å². The monoisotopic (exact) mass is 322 g/mol. The van der Waals surface area contributed by atoms with Crippen LogP contribution >= 0.6 is 0 Å². The lowest BCUT2D eigenvalue weighted by Crippen LogP contribution is -2.43. The van der Waals surface area contributed by atoms with Crippen LogP contribution in [0.15, 0.2) is 0 Å². The first-order valence-corrected chi connectivity index (χ1v) is 8.53. The molecule has 0 N–H and O–H groups in total. The number of hydrogen-bond acceptors (Lipinski definition) is 7. The summed E-state index contributed by atoms with van der Waals surface area (Å²) in [7, 11) is 0.549. The van der Waals surface area contributed by atoms with Gasteiger partial charge in [0.25, 0.3) is 11.9 Å². The Kier molecular flexibility index (Phi) is 11.1. The smallest absolute Gasteiger partial charge is 0.478 e. The number of rotatable bonds is 11. The lowest BCUT2D eigenvalue weighted by atomic mass is 10.3. The topological polar surface area (TPSA) is 80.3 Å². The van der Waals surface area contributed by atoms with E-state index in [1.807, 2.05) is 6.92 Å². The molecule has 2 atom stereocenters. The molecule has 2 unspecified atom stereocenters. The first kappa shape index (κ1) is 20.0. The number of carbonyl (C=O) groups excluding carboxylic acids is 2. The van der Waals surface area contributed by atoms with Gasteiger partial charge >= 0.3 is 9.28 Å². The van der Waals surface area contributed by atoms with Gasteiger partial charge in [-0.2, -0.15) is 0 Å². The summed E-state index contributed by atoms with van der Waals surface area (Å²) < 4.78 is 26.3. The van der Waals surface area contributed by atoms with Crippen LogP contribution in [0.5, 0.6) is 0 Å². The molecule has 0 bridgehead atoms. The molecule has 8 heteroatoms. The van der Waals surface area contributed by atoms with E-state index < -0.39 is 26.9 Å². The Morgan fingerprint density at radius 3 is 2.00 bits per heavy atom. The van der Waals surface area contributed by atoms with Crippen LogP contribution in [0.2, 0.25) is 0 Å². The molecule has 0 aromatic rings. The van der Waals surface area contributed by atoms with E-state index >= 15 is 0 Å². The molecule has 0 heterocycles. The molecular formula is C13H26O7Si. The van der Waals surface area contributed by atoms with E-state index in [2.05, 4.69) is 0 Å². The van der Waals surface area contributed by atoms with Crippen LogP contribution in [0.4, 0.5) is 0 Å². The van der Waals surface area contributed by atoms with E-state index in [4.69, 9.17) is 23.1 Å². The van der Waals surface area contributed by atoms with Crippen molar-refractivity contribution >= 4 is 21.2 Å². The molecule has 0 fully saturated rings. The molecule has 124 valence electrons. The zero-order valence-corrected chi connectivity index (χ0v) is 14.6. The van der Waals surface area contributed by atoms with E-state index in [0.29, 0.717) is 13.0 Å². The van der Waals surface area contributed by atoms with Gasteiger partial charge in [0, 0.05) is 28.1 Å². The van der Waals surface area contributed by atoms with Crippen LogP contribution in [-0.4, -0.2) is 60.5 Å². The van der Waals surface area contributed by atoms with Gasteiger partial charge in [0.1, 0.15) is 11.8 Å². The van der Waals surface area contributed by atoms with E-state index in [1.165, 1.54) is 13.8 Å². The maximum atomic E-state index is 11.2. The molecule has 0 saturated heterocycles. The summed E-state index contributed by atoms with van der Waals surface area (Å²) in [6.45, 7) is 5.22. The van der Waals surface area contributed by atoms with Gasteiger partial charge in [0.05, 0.1) is 13.2 Å². The zero-order chi connectivity index (χ0) is 16.3. The summed E-state index contributed by atoms with van der Waals surface area (Å²) >= 11 is 0. The van der Waals surface area contributed by atoms with Crippen LogP contribution < -0.4 is 0 Å². The Labute approximate surface area is 127 Å². The predicted molar refractivity (Wildman–Crippen MR) is 78.0 cm³/mol. The third-order valence-electron chi connectivity index (χ3n) is 2.62. The highest BCUT2D eigenvalue weighted by atomic mass is 28.3. The maximum absolute atomic E-state index is 11.2. The lowest BCUT2D eigenvalue weighted by molar-refractivity contribution is -0.139. The van der Waals surface area contributed by atoms with Crippen molar-refractivity contribution in [1.82, 2.24) is 0 Å². The standard InChI is InChI=1S/C13H26O7Si/c1-6-7-13(18-9-12(17-5)8-16-4)21(19-10(2)14)20-11(3)15/h12-13,21H,6-9H2,1-5H3. The SMILES string of the molecule is CCCC(OCC(COC)OC)[SiH](OC(C)=O)OC(C)=O. The summed E-state index contributed by atoms with van der Waals surface area (Å²) in [6.07, 6.45) is 1.23. The van der Waals surface area contributed by atoms with Gasteiger partial charge in [-0.15, -0.1) is 0 Å². The largest absolute Gasteiger partial charge is 0.486 e. The van der Waals surface area contributed by atoms with Crippen molar-refractivity contribution in [2.45, 2.75) is 45.4 Å². The van der Waals surface area contributed by atoms with Crippen molar-refractivity contribution in [3.05, 3.63) is 0 Å². The summed E-state index contributed by atoms with van der Waals surface area (Å²) in [4.78, 5) is 22.3. The highest BCUT2D eigenvalue weighted by Gasteiger charge is 2.32. The molecule has 0 rings (SSSR count). The molecule has 0 radical (unpaired) electrons. The number of carbonyl (C=O) groups is 2. The summed E-state index contributed by atoms with van der Waals surface area (Å²) in [6, 6.07) is 0. The minimum atomic E-state index is -2.59. The van der Waals surface area contributed by atoms with E-state index in [9.17, 15) is 9.59 Å². The average molecular weight is 322 g/mol. The molecule has 0 amide bonds. The second kappa shape index (κ2) is 11.7. The molecule has 0 aliphatic heterocycles. The minimum Gasteiger partial charge on any atom is -0.486 e. The number of methoxy groups -OCH3 is 2. The van der Waals surface area contributed by atoms with E-state index in [1.54, 1.807) is 14.2 Å². The third kappa shape index (κ3) is 9.56. The van der Waals surface area contributed by atoms with Crippen molar-refractivity contribution in [1.29, 1.82) is 0 Å². The van der Waals surface area contributed by atoms with Crippen molar-refractivity contribution in [3.8, 4) is 0 Å². The molecule has 7 nitrogen and oxygen atoms in total. The predicted octanol–water partition coefficient (Wildman–Crippen LogP) is 0.719. The van der Waals surface area contributed by atoms with Gasteiger partial charge in [-0.25, -0.2) is 0 Å². The first-order chi connectivity index (χ1) is 9.94. The van der Waals surface area contributed by atoms with Crippen LogP contribution in [-0.2, 0) is 32.7 Å².